The number of rotatable bonds is 5. The molecule has 1 aromatic heterocycles. The van der Waals surface area contributed by atoms with Crippen LogP contribution < -0.4 is 5.32 Å². The van der Waals surface area contributed by atoms with Gasteiger partial charge in [-0.25, -0.2) is 4.39 Å². The van der Waals surface area contributed by atoms with E-state index in [1.54, 1.807) is 6.07 Å². The summed E-state index contributed by atoms with van der Waals surface area (Å²) in [5.41, 5.74) is 3.62. The maximum absolute atomic E-state index is 13.4. The molecule has 1 heterocycles. The van der Waals surface area contributed by atoms with E-state index < -0.39 is 0 Å². The van der Waals surface area contributed by atoms with Gasteiger partial charge in [0.25, 0.3) is 0 Å². The molecule has 2 aromatic carbocycles. The first-order valence-corrected chi connectivity index (χ1v) is 7.85. The number of benzene rings is 2. The van der Waals surface area contributed by atoms with Crippen molar-refractivity contribution in [2.45, 2.75) is 24.8 Å². The highest BCUT2D eigenvalue weighted by molar-refractivity contribution is 5.84. The van der Waals surface area contributed by atoms with E-state index in [1.165, 1.54) is 17.2 Å². The van der Waals surface area contributed by atoms with Crippen LogP contribution >= 0.6 is 0 Å². The molecule has 1 aliphatic rings. The second-order valence-electron chi connectivity index (χ2n) is 6.07. The van der Waals surface area contributed by atoms with Crippen molar-refractivity contribution in [1.29, 1.82) is 0 Å². The first kappa shape index (κ1) is 13.5. The van der Waals surface area contributed by atoms with E-state index >= 15 is 0 Å². The van der Waals surface area contributed by atoms with Crippen LogP contribution in [0.15, 0.2) is 54.7 Å². The van der Waals surface area contributed by atoms with Crippen LogP contribution in [-0.4, -0.2) is 17.6 Å². The van der Waals surface area contributed by atoms with E-state index in [9.17, 15) is 4.39 Å². The van der Waals surface area contributed by atoms with Crippen LogP contribution in [0.3, 0.4) is 0 Å². The number of hydrogen-bond acceptors (Lipinski definition) is 1. The molecule has 112 valence electrons. The summed E-state index contributed by atoms with van der Waals surface area (Å²) in [5, 5.41) is 4.64. The Bertz CT molecular complexity index is 778. The molecule has 2 unspecified atom stereocenters. The SMILES string of the molecule is Fc1ccc2[nH]cc(C3CC3NCCc3ccccc3)c2c1. The van der Waals surface area contributed by atoms with Gasteiger partial charge in [-0.2, -0.15) is 0 Å². The van der Waals surface area contributed by atoms with Gasteiger partial charge in [0.05, 0.1) is 0 Å². The van der Waals surface area contributed by atoms with Gasteiger partial charge in [0, 0.05) is 29.1 Å². The highest BCUT2D eigenvalue weighted by Crippen LogP contribution is 2.43. The molecule has 0 amide bonds. The largest absolute Gasteiger partial charge is 0.361 e. The van der Waals surface area contributed by atoms with Crippen LogP contribution in [0.2, 0.25) is 0 Å². The minimum atomic E-state index is -0.164. The predicted molar refractivity (Wildman–Crippen MR) is 87.6 cm³/mol. The van der Waals surface area contributed by atoms with Crippen LogP contribution in [0.5, 0.6) is 0 Å². The maximum atomic E-state index is 13.4. The van der Waals surface area contributed by atoms with Gasteiger partial charge in [0.15, 0.2) is 0 Å². The summed E-state index contributed by atoms with van der Waals surface area (Å²) in [4.78, 5) is 3.24. The molecule has 1 fully saturated rings. The third-order valence-corrected chi connectivity index (χ3v) is 4.53. The van der Waals surface area contributed by atoms with E-state index in [2.05, 4.69) is 34.6 Å². The zero-order chi connectivity index (χ0) is 14.9. The minimum absolute atomic E-state index is 0.164. The Morgan fingerprint density at radius 3 is 2.86 bits per heavy atom. The topological polar surface area (TPSA) is 27.8 Å². The third kappa shape index (κ3) is 2.64. The normalized spacial score (nSPS) is 20.4. The van der Waals surface area contributed by atoms with Crippen molar-refractivity contribution in [3.05, 3.63) is 71.7 Å². The number of halogens is 1. The van der Waals surface area contributed by atoms with E-state index in [1.807, 2.05) is 18.3 Å². The molecule has 4 rings (SSSR count). The first-order chi connectivity index (χ1) is 10.8. The lowest BCUT2D eigenvalue weighted by atomic mass is 10.1. The van der Waals surface area contributed by atoms with Crippen molar-refractivity contribution in [2.24, 2.45) is 0 Å². The molecule has 1 saturated carbocycles. The van der Waals surface area contributed by atoms with Crippen molar-refractivity contribution >= 4 is 10.9 Å². The molecule has 22 heavy (non-hydrogen) atoms. The molecule has 2 atom stereocenters. The van der Waals surface area contributed by atoms with Gasteiger partial charge in [0.2, 0.25) is 0 Å². The van der Waals surface area contributed by atoms with Crippen LogP contribution in [0, 0.1) is 5.82 Å². The van der Waals surface area contributed by atoms with Gasteiger partial charge < -0.3 is 10.3 Å². The number of fused-ring (bicyclic) bond motifs is 1. The van der Waals surface area contributed by atoms with Gasteiger partial charge in [-0.1, -0.05) is 30.3 Å². The van der Waals surface area contributed by atoms with Crippen LogP contribution in [0.25, 0.3) is 10.9 Å². The zero-order valence-electron chi connectivity index (χ0n) is 12.4. The molecule has 0 bridgehead atoms. The molecule has 2 nitrogen and oxygen atoms in total. The Hall–Kier alpha value is -2.13. The molecule has 3 aromatic rings. The van der Waals surface area contributed by atoms with Gasteiger partial charge in [-0.3, -0.25) is 0 Å². The lowest BCUT2D eigenvalue weighted by Gasteiger charge is -2.04. The quantitative estimate of drug-likeness (QED) is 0.731. The monoisotopic (exact) mass is 294 g/mol. The van der Waals surface area contributed by atoms with Crippen molar-refractivity contribution in [3.63, 3.8) is 0 Å². The number of hydrogen-bond donors (Lipinski definition) is 2. The average Bonchev–Trinajstić information content (AvgIpc) is 3.18. The van der Waals surface area contributed by atoms with Crippen LogP contribution in [0.4, 0.5) is 4.39 Å². The standard InChI is InChI=1S/C19H19FN2/c20-14-6-7-18-15(10-14)17(12-22-18)16-11-19(16)21-9-8-13-4-2-1-3-5-13/h1-7,10,12,16,19,21-22H,8-9,11H2. The van der Waals surface area contributed by atoms with Crippen molar-refractivity contribution in [3.8, 4) is 0 Å². The van der Waals surface area contributed by atoms with Gasteiger partial charge >= 0.3 is 0 Å². The summed E-state index contributed by atoms with van der Waals surface area (Å²) in [6, 6.07) is 16.0. The average molecular weight is 294 g/mol. The number of H-pyrrole nitrogens is 1. The minimum Gasteiger partial charge on any atom is -0.361 e. The van der Waals surface area contributed by atoms with Crippen molar-refractivity contribution < 1.29 is 4.39 Å². The Labute approximate surface area is 129 Å². The smallest absolute Gasteiger partial charge is 0.123 e. The van der Waals surface area contributed by atoms with Gasteiger partial charge in [-0.15, -0.1) is 0 Å². The summed E-state index contributed by atoms with van der Waals surface area (Å²) in [5.74, 6) is 0.342. The Kier molecular flexibility index (Phi) is 3.43. The third-order valence-electron chi connectivity index (χ3n) is 4.53. The predicted octanol–water partition coefficient (Wildman–Crippen LogP) is 4.00. The maximum Gasteiger partial charge on any atom is 0.123 e. The van der Waals surface area contributed by atoms with Crippen molar-refractivity contribution in [2.75, 3.05) is 6.54 Å². The molecule has 0 aliphatic heterocycles. The summed E-state index contributed by atoms with van der Waals surface area (Å²) in [6.07, 6.45) is 4.22. The Morgan fingerprint density at radius 1 is 1.14 bits per heavy atom. The second kappa shape index (κ2) is 5.58. The molecule has 3 heteroatoms. The lowest BCUT2D eigenvalue weighted by Crippen LogP contribution is -2.20. The summed E-state index contributed by atoms with van der Waals surface area (Å²) in [7, 11) is 0. The first-order valence-electron chi connectivity index (χ1n) is 7.85. The van der Waals surface area contributed by atoms with E-state index in [4.69, 9.17) is 0 Å². The molecule has 0 saturated heterocycles. The summed E-state index contributed by atoms with van der Waals surface area (Å²) in [6.45, 7) is 0.988. The van der Waals surface area contributed by atoms with E-state index in [0.29, 0.717) is 12.0 Å². The molecule has 1 aliphatic carbocycles. The fourth-order valence-electron chi connectivity index (χ4n) is 3.23. The Morgan fingerprint density at radius 2 is 2.00 bits per heavy atom. The molecule has 0 radical (unpaired) electrons. The highest BCUT2D eigenvalue weighted by Gasteiger charge is 2.39. The zero-order valence-corrected chi connectivity index (χ0v) is 12.4. The number of nitrogens with one attached hydrogen (secondary N) is 2. The van der Waals surface area contributed by atoms with Crippen LogP contribution in [0.1, 0.15) is 23.5 Å². The molecular formula is C19H19FN2. The second-order valence-corrected chi connectivity index (χ2v) is 6.07. The van der Waals surface area contributed by atoms with E-state index in [0.717, 1.165) is 30.3 Å². The highest BCUT2D eigenvalue weighted by atomic mass is 19.1. The number of aromatic amines is 1. The van der Waals surface area contributed by atoms with Gasteiger partial charge in [-0.05, 0) is 48.7 Å². The number of aromatic nitrogens is 1. The molecular weight excluding hydrogens is 275 g/mol. The summed E-state index contributed by atoms with van der Waals surface area (Å²) >= 11 is 0. The summed E-state index contributed by atoms with van der Waals surface area (Å²) < 4.78 is 13.4. The van der Waals surface area contributed by atoms with Crippen LogP contribution in [-0.2, 0) is 6.42 Å². The fourth-order valence-corrected chi connectivity index (χ4v) is 3.23. The lowest BCUT2D eigenvalue weighted by molar-refractivity contribution is 0.629. The van der Waals surface area contributed by atoms with Gasteiger partial charge in [0.1, 0.15) is 5.82 Å². The van der Waals surface area contributed by atoms with E-state index in [-0.39, 0.29) is 5.82 Å². The Balaban J connectivity index is 1.38. The molecule has 0 spiro atoms. The van der Waals surface area contributed by atoms with Crippen molar-refractivity contribution in [1.82, 2.24) is 10.3 Å². The fraction of sp³-hybridized carbons (Fsp3) is 0.263. The molecule has 2 N–H and O–H groups in total.